The standard InChI is InChI=1S/C24H29F2N3O3/c1-14(15-2-3-15)10-22-27-12-18-5-4-17(11-20(18)28-22)23(31)29-21(13-30)16-6-8-19(9-7-16)32-24(25)26/h6-9,12,14-15,17,21,24,30H,2-5,10-11,13H2,1H3,(H,29,31)/t14-,17-,21+/m0/s1. The van der Waals surface area contributed by atoms with Crippen LogP contribution in [-0.4, -0.2) is 34.2 Å². The number of aliphatic hydroxyl groups is 1. The molecule has 2 N–H and O–H groups in total. The molecule has 32 heavy (non-hydrogen) atoms. The molecule has 0 saturated heterocycles. The minimum Gasteiger partial charge on any atom is -0.435 e. The highest BCUT2D eigenvalue weighted by molar-refractivity contribution is 5.79. The van der Waals surface area contributed by atoms with E-state index in [1.165, 1.54) is 25.0 Å². The van der Waals surface area contributed by atoms with Crippen LogP contribution in [0.1, 0.15) is 54.9 Å². The summed E-state index contributed by atoms with van der Waals surface area (Å²) in [5.74, 6) is 1.87. The van der Waals surface area contributed by atoms with E-state index in [1.807, 2.05) is 6.20 Å². The van der Waals surface area contributed by atoms with E-state index in [0.717, 1.165) is 35.8 Å². The number of hydrogen-bond donors (Lipinski definition) is 2. The number of alkyl halides is 2. The van der Waals surface area contributed by atoms with Crippen molar-refractivity contribution >= 4 is 5.91 Å². The molecule has 8 heteroatoms. The average Bonchev–Trinajstić information content (AvgIpc) is 3.63. The van der Waals surface area contributed by atoms with Crippen LogP contribution in [0.3, 0.4) is 0 Å². The number of carbonyl (C=O) groups excluding carboxylic acids is 1. The molecule has 1 heterocycles. The molecular weight excluding hydrogens is 416 g/mol. The third-order valence-electron chi connectivity index (χ3n) is 6.51. The van der Waals surface area contributed by atoms with Crippen LogP contribution >= 0.6 is 0 Å². The lowest BCUT2D eigenvalue weighted by molar-refractivity contribution is -0.126. The molecule has 1 amide bonds. The molecular formula is C24H29F2N3O3. The van der Waals surface area contributed by atoms with Gasteiger partial charge in [0.2, 0.25) is 5.91 Å². The predicted molar refractivity (Wildman–Crippen MR) is 114 cm³/mol. The van der Waals surface area contributed by atoms with E-state index in [9.17, 15) is 18.7 Å². The summed E-state index contributed by atoms with van der Waals surface area (Å²) < 4.78 is 29.0. The fraction of sp³-hybridized carbons (Fsp3) is 0.542. The lowest BCUT2D eigenvalue weighted by Crippen LogP contribution is -2.38. The van der Waals surface area contributed by atoms with Gasteiger partial charge in [0.05, 0.1) is 12.6 Å². The number of halogens is 2. The maximum absolute atomic E-state index is 12.9. The Bertz CT molecular complexity index is 935. The molecule has 0 bridgehead atoms. The van der Waals surface area contributed by atoms with Gasteiger partial charge < -0.3 is 15.2 Å². The second-order valence-corrected chi connectivity index (χ2v) is 8.91. The normalized spacial score (nSPS) is 19.8. The van der Waals surface area contributed by atoms with Crippen LogP contribution in [0.2, 0.25) is 0 Å². The van der Waals surface area contributed by atoms with Gasteiger partial charge in [-0.3, -0.25) is 4.79 Å². The summed E-state index contributed by atoms with van der Waals surface area (Å²) in [4.78, 5) is 22.2. The monoisotopic (exact) mass is 445 g/mol. The molecule has 1 aromatic carbocycles. The third-order valence-corrected chi connectivity index (χ3v) is 6.51. The molecule has 0 unspecified atom stereocenters. The molecule has 0 radical (unpaired) electrons. The molecule has 1 fully saturated rings. The number of benzene rings is 1. The molecule has 0 aliphatic heterocycles. The van der Waals surface area contributed by atoms with E-state index in [1.54, 1.807) is 12.1 Å². The van der Waals surface area contributed by atoms with E-state index in [2.05, 4.69) is 22.0 Å². The Morgan fingerprint density at radius 1 is 1.25 bits per heavy atom. The minimum absolute atomic E-state index is 0.0298. The highest BCUT2D eigenvalue weighted by Crippen LogP contribution is 2.38. The zero-order valence-electron chi connectivity index (χ0n) is 18.1. The van der Waals surface area contributed by atoms with Crippen molar-refractivity contribution in [3.63, 3.8) is 0 Å². The van der Waals surface area contributed by atoms with Crippen LogP contribution < -0.4 is 10.1 Å². The average molecular weight is 446 g/mol. The number of nitrogens with one attached hydrogen (secondary N) is 1. The van der Waals surface area contributed by atoms with Gasteiger partial charge in [0, 0.05) is 30.7 Å². The van der Waals surface area contributed by atoms with E-state index >= 15 is 0 Å². The highest BCUT2D eigenvalue weighted by Gasteiger charge is 2.30. The Balaban J connectivity index is 1.38. The molecule has 6 nitrogen and oxygen atoms in total. The van der Waals surface area contributed by atoms with Crippen molar-refractivity contribution in [2.24, 2.45) is 17.8 Å². The number of ether oxygens (including phenoxy) is 1. The zero-order chi connectivity index (χ0) is 22.7. The first-order valence-corrected chi connectivity index (χ1v) is 11.2. The Morgan fingerprint density at radius 3 is 2.66 bits per heavy atom. The summed E-state index contributed by atoms with van der Waals surface area (Å²) in [5.41, 5.74) is 2.67. The molecule has 3 atom stereocenters. The largest absolute Gasteiger partial charge is 0.435 e. The van der Waals surface area contributed by atoms with Crippen LogP contribution in [0, 0.1) is 17.8 Å². The van der Waals surface area contributed by atoms with E-state index in [-0.39, 0.29) is 24.2 Å². The number of aromatic nitrogens is 2. The topological polar surface area (TPSA) is 84.3 Å². The second kappa shape index (κ2) is 9.90. The van der Waals surface area contributed by atoms with Gasteiger partial charge in [0.1, 0.15) is 11.6 Å². The van der Waals surface area contributed by atoms with Gasteiger partial charge >= 0.3 is 6.61 Å². The van der Waals surface area contributed by atoms with Crippen LogP contribution in [-0.2, 0) is 24.1 Å². The molecule has 4 rings (SSSR count). The Hall–Kier alpha value is -2.61. The Labute approximate surface area is 186 Å². The summed E-state index contributed by atoms with van der Waals surface area (Å²) >= 11 is 0. The van der Waals surface area contributed by atoms with Gasteiger partial charge in [-0.1, -0.05) is 19.1 Å². The van der Waals surface area contributed by atoms with Crippen LogP contribution in [0.5, 0.6) is 5.75 Å². The summed E-state index contributed by atoms with van der Waals surface area (Å²) in [5, 5.41) is 12.7. The van der Waals surface area contributed by atoms with Crippen molar-refractivity contribution in [2.45, 2.75) is 58.1 Å². The quantitative estimate of drug-likeness (QED) is 0.616. The molecule has 1 saturated carbocycles. The number of aliphatic hydroxyl groups excluding tert-OH is 1. The van der Waals surface area contributed by atoms with E-state index in [0.29, 0.717) is 24.3 Å². The van der Waals surface area contributed by atoms with Crippen LogP contribution in [0.25, 0.3) is 0 Å². The number of carbonyl (C=O) groups is 1. The molecule has 2 aliphatic rings. The van der Waals surface area contributed by atoms with Gasteiger partial charge in [-0.25, -0.2) is 9.97 Å². The third kappa shape index (κ3) is 5.59. The smallest absolute Gasteiger partial charge is 0.387 e. The minimum atomic E-state index is -2.90. The van der Waals surface area contributed by atoms with Gasteiger partial charge in [-0.05, 0) is 60.8 Å². The number of nitrogens with zero attached hydrogens (tertiary/aromatic N) is 2. The molecule has 1 aromatic heterocycles. The molecule has 2 aliphatic carbocycles. The van der Waals surface area contributed by atoms with Gasteiger partial charge in [-0.2, -0.15) is 8.78 Å². The Morgan fingerprint density at radius 2 is 2.00 bits per heavy atom. The van der Waals surface area contributed by atoms with Crippen molar-refractivity contribution in [1.82, 2.24) is 15.3 Å². The van der Waals surface area contributed by atoms with Gasteiger partial charge in [0.25, 0.3) is 0 Å². The highest BCUT2D eigenvalue weighted by atomic mass is 19.3. The number of rotatable bonds is 9. The summed E-state index contributed by atoms with van der Waals surface area (Å²) in [6, 6.07) is 5.30. The van der Waals surface area contributed by atoms with Crippen molar-refractivity contribution in [3.8, 4) is 5.75 Å². The first-order valence-electron chi connectivity index (χ1n) is 11.2. The summed E-state index contributed by atoms with van der Waals surface area (Å²) in [6.45, 7) is -0.947. The van der Waals surface area contributed by atoms with Crippen molar-refractivity contribution in [2.75, 3.05) is 6.61 Å². The van der Waals surface area contributed by atoms with Gasteiger partial charge in [-0.15, -0.1) is 0 Å². The van der Waals surface area contributed by atoms with Crippen molar-refractivity contribution < 1.29 is 23.4 Å². The van der Waals surface area contributed by atoms with Gasteiger partial charge in [0.15, 0.2) is 0 Å². The predicted octanol–water partition coefficient (Wildman–Crippen LogP) is 3.62. The van der Waals surface area contributed by atoms with Crippen molar-refractivity contribution in [3.05, 3.63) is 53.1 Å². The number of fused-ring (bicyclic) bond motifs is 1. The lowest BCUT2D eigenvalue weighted by Gasteiger charge is -2.26. The second-order valence-electron chi connectivity index (χ2n) is 8.91. The molecule has 2 aromatic rings. The number of amides is 1. The summed E-state index contributed by atoms with van der Waals surface area (Å²) in [6.07, 6.45) is 7.35. The first kappa shape index (κ1) is 22.6. The van der Waals surface area contributed by atoms with Crippen molar-refractivity contribution in [1.29, 1.82) is 0 Å². The van der Waals surface area contributed by atoms with Crippen LogP contribution in [0.15, 0.2) is 30.5 Å². The zero-order valence-corrected chi connectivity index (χ0v) is 18.1. The van der Waals surface area contributed by atoms with E-state index < -0.39 is 12.7 Å². The maximum atomic E-state index is 12.9. The fourth-order valence-electron chi connectivity index (χ4n) is 4.38. The number of aryl methyl sites for hydroxylation is 1. The number of hydrogen-bond acceptors (Lipinski definition) is 5. The first-order chi connectivity index (χ1) is 15.4. The van der Waals surface area contributed by atoms with Crippen LogP contribution in [0.4, 0.5) is 8.78 Å². The lowest BCUT2D eigenvalue weighted by atomic mass is 9.86. The molecule has 0 spiro atoms. The van der Waals surface area contributed by atoms with E-state index in [4.69, 9.17) is 4.98 Å². The SMILES string of the molecule is C[C@@H](Cc1ncc2c(n1)C[C@@H](C(=O)N[C@H](CO)c1ccc(OC(F)F)cc1)CC2)C1CC1. The Kier molecular flexibility index (Phi) is 6.98. The fourth-order valence-corrected chi connectivity index (χ4v) is 4.38. The maximum Gasteiger partial charge on any atom is 0.387 e. The molecule has 172 valence electrons. The summed E-state index contributed by atoms with van der Waals surface area (Å²) in [7, 11) is 0.